The van der Waals surface area contributed by atoms with E-state index in [4.69, 9.17) is 5.11 Å². The SMILES string of the molecule is COCC(O)COCC(F)(OC(F)(F)C(F)(OC(F)(F)C(F)(F)C(F)(F)F)C(F)(F)F)C(F)(F)F. The monoisotopic (exact) mass is 570 g/mol. The van der Waals surface area contributed by atoms with Gasteiger partial charge in [0.05, 0.1) is 13.2 Å². The molecule has 22 heteroatoms. The van der Waals surface area contributed by atoms with Gasteiger partial charge in [-0.1, -0.05) is 0 Å². The Morgan fingerprint density at radius 2 is 1.06 bits per heavy atom. The van der Waals surface area contributed by atoms with Crippen LogP contribution in [0, 0.1) is 0 Å². The van der Waals surface area contributed by atoms with Gasteiger partial charge >= 0.3 is 48.4 Å². The maximum absolute atomic E-state index is 14.0. The second-order valence-electron chi connectivity index (χ2n) is 6.25. The minimum Gasteiger partial charge on any atom is -0.388 e. The summed E-state index contributed by atoms with van der Waals surface area (Å²) in [5, 5.41) is 9.07. The van der Waals surface area contributed by atoms with Gasteiger partial charge in [-0.05, 0) is 0 Å². The number of hydrogen-bond acceptors (Lipinski definition) is 5. The molecule has 0 fully saturated rings. The zero-order valence-corrected chi connectivity index (χ0v) is 16.2. The van der Waals surface area contributed by atoms with Crippen molar-refractivity contribution in [3.8, 4) is 0 Å². The van der Waals surface area contributed by atoms with Crippen molar-refractivity contribution < 1.29 is 98.7 Å². The van der Waals surface area contributed by atoms with Crippen LogP contribution in [0.1, 0.15) is 0 Å². The van der Waals surface area contributed by atoms with Crippen LogP contribution in [0.15, 0.2) is 0 Å². The van der Waals surface area contributed by atoms with Crippen molar-refractivity contribution in [2.24, 2.45) is 0 Å². The number of alkyl halides is 17. The van der Waals surface area contributed by atoms with Crippen LogP contribution in [0.2, 0.25) is 0 Å². The Kier molecular flexibility index (Phi) is 9.76. The highest BCUT2D eigenvalue weighted by molar-refractivity contribution is 4.95. The van der Waals surface area contributed by atoms with E-state index in [-0.39, 0.29) is 0 Å². The van der Waals surface area contributed by atoms with Gasteiger partial charge in [-0.2, -0.15) is 74.6 Å². The summed E-state index contributed by atoms with van der Waals surface area (Å²) < 4.78 is 231. The molecule has 0 rings (SSSR count). The van der Waals surface area contributed by atoms with Crippen molar-refractivity contribution in [3.63, 3.8) is 0 Å². The molecule has 0 amide bonds. The van der Waals surface area contributed by atoms with Gasteiger partial charge < -0.3 is 14.6 Å². The Morgan fingerprint density at radius 3 is 1.40 bits per heavy atom. The average molecular weight is 570 g/mol. The van der Waals surface area contributed by atoms with E-state index in [1.807, 2.05) is 4.74 Å². The lowest BCUT2D eigenvalue weighted by Gasteiger charge is -2.40. The Labute approximate surface area is 181 Å². The van der Waals surface area contributed by atoms with Crippen molar-refractivity contribution in [2.45, 2.75) is 54.5 Å². The fourth-order valence-electron chi connectivity index (χ4n) is 1.69. The van der Waals surface area contributed by atoms with Gasteiger partial charge in [0.2, 0.25) is 0 Å². The van der Waals surface area contributed by atoms with Gasteiger partial charge in [-0.3, -0.25) is 9.47 Å². The van der Waals surface area contributed by atoms with Crippen LogP contribution >= 0.6 is 0 Å². The Hall–Kier alpha value is -1.39. The fraction of sp³-hybridized carbons (Fsp3) is 1.00. The van der Waals surface area contributed by atoms with Crippen LogP contribution in [-0.4, -0.2) is 86.5 Å². The first-order valence-corrected chi connectivity index (χ1v) is 7.98. The zero-order valence-electron chi connectivity index (χ0n) is 16.2. The molecule has 0 saturated carbocycles. The molecule has 0 spiro atoms. The fourth-order valence-corrected chi connectivity index (χ4v) is 1.69. The maximum atomic E-state index is 14.0. The van der Waals surface area contributed by atoms with Crippen LogP contribution in [0.25, 0.3) is 0 Å². The number of rotatable bonds is 12. The van der Waals surface area contributed by atoms with Gasteiger partial charge in [-0.25, -0.2) is 0 Å². The lowest BCUT2D eigenvalue weighted by Crippen LogP contribution is -2.67. The maximum Gasteiger partial charge on any atom is 0.462 e. The van der Waals surface area contributed by atoms with E-state index in [1.54, 1.807) is 0 Å². The highest BCUT2D eigenvalue weighted by Gasteiger charge is 2.85. The van der Waals surface area contributed by atoms with Gasteiger partial charge in [0.1, 0.15) is 12.7 Å². The molecule has 3 atom stereocenters. The Morgan fingerprint density at radius 1 is 0.600 bits per heavy atom. The number of methoxy groups -OCH3 is 1. The van der Waals surface area contributed by atoms with Crippen LogP contribution in [0.3, 0.4) is 0 Å². The molecular weight excluding hydrogens is 559 g/mol. The third-order valence-corrected chi connectivity index (χ3v) is 3.40. The smallest absolute Gasteiger partial charge is 0.388 e. The summed E-state index contributed by atoms with van der Waals surface area (Å²) in [4.78, 5) is 0. The first-order chi connectivity index (χ1) is 15.1. The second-order valence-corrected chi connectivity index (χ2v) is 6.25. The summed E-state index contributed by atoms with van der Waals surface area (Å²) in [6.07, 6.45) is -39.9. The van der Waals surface area contributed by atoms with Gasteiger partial charge in [0.15, 0.2) is 0 Å². The molecule has 5 nitrogen and oxygen atoms in total. The quantitative estimate of drug-likeness (QED) is 0.339. The Bertz CT molecular complexity index is 689. The molecule has 0 aromatic rings. The Balaban J connectivity index is 6.36. The van der Waals surface area contributed by atoms with E-state index >= 15 is 0 Å². The summed E-state index contributed by atoms with van der Waals surface area (Å²) >= 11 is 0. The van der Waals surface area contributed by atoms with Gasteiger partial charge in [0.25, 0.3) is 0 Å². The molecule has 212 valence electrons. The molecule has 0 aromatic heterocycles. The normalized spacial score (nSPS) is 19.3. The molecule has 0 saturated heterocycles. The van der Waals surface area contributed by atoms with Crippen molar-refractivity contribution in [1.29, 1.82) is 0 Å². The first-order valence-electron chi connectivity index (χ1n) is 7.98. The second kappa shape index (κ2) is 10.2. The summed E-state index contributed by atoms with van der Waals surface area (Å²) in [5.41, 5.74) is 0. The molecule has 0 aliphatic rings. The third kappa shape index (κ3) is 7.10. The van der Waals surface area contributed by atoms with Crippen LogP contribution in [0.4, 0.5) is 74.6 Å². The van der Waals surface area contributed by atoms with E-state index in [2.05, 4.69) is 9.47 Å². The lowest BCUT2D eigenvalue weighted by molar-refractivity contribution is -0.553. The van der Waals surface area contributed by atoms with Crippen molar-refractivity contribution in [3.05, 3.63) is 0 Å². The third-order valence-electron chi connectivity index (χ3n) is 3.40. The molecule has 0 aliphatic carbocycles. The summed E-state index contributed by atoms with van der Waals surface area (Å²) in [6, 6.07) is 0. The number of halogens is 17. The predicted octanol–water partition coefficient (Wildman–Crippen LogP) is 4.88. The van der Waals surface area contributed by atoms with E-state index in [9.17, 15) is 74.6 Å². The zero-order chi connectivity index (χ0) is 28.5. The number of ether oxygens (including phenoxy) is 4. The lowest BCUT2D eigenvalue weighted by atomic mass is 10.2. The summed E-state index contributed by atoms with van der Waals surface area (Å²) in [5.74, 6) is -22.1. The minimum atomic E-state index is -7.95. The van der Waals surface area contributed by atoms with Gasteiger partial charge in [0, 0.05) is 7.11 Å². The summed E-state index contributed by atoms with van der Waals surface area (Å²) in [6.45, 7) is -5.19. The molecule has 0 radical (unpaired) electrons. The van der Waals surface area contributed by atoms with E-state index < -0.39 is 74.3 Å². The van der Waals surface area contributed by atoms with Crippen LogP contribution in [0.5, 0.6) is 0 Å². The molecule has 3 unspecified atom stereocenters. The van der Waals surface area contributed by atoms with Crippen LogP contribution < -0.4 is 0 Å². The highest BCUT2D eigenvalue weighted by Crippen LogP contribution is 2.56. The first kappa shape index (κ1) is 33.6. The molecule has 0 aromatic carbocycles. The molecular formula is C13H11F17O5. The largest absolute Gasteiger partial charge is 0.462 e. The molecule has 0 aliphatic heterocycles. The van der Waals surface area contributed by atoms with E-state index in [0.29, 0.717) is 0 Å². The van der Waals surface area contributed by atoms with Crippen molar-refractivity contribution >= 4 is 0 Å². The molecule has 0 bridgehead atoms. The standard InChI is InChI=1S/C13H11F17O5/c1-32-2-5(31)3-33-4-6(14,9(18,19)20)34-13(29,30)8(17,11(24,25)26)35-12(27,28)7(15,16)10(21,22)23/h5,31H,2-4H2,1H3. The van der Waals surface area contributed by atoms with E-state index in [1.165, 1.54) is 4.74 Å². The number of aliphatic hydroxyl groups excluding tert-OH is 1. The highest BCUT2D eigenvalue weighted by atomic mass is 19.4. The van der Waals surface area contributed by atoms with E-state index in [0.717, 1.165) is 7.11 Å². The number of hydrogen-bond donors (Lipinski definition) is 1. The average Bonchev–Trinajstić information content (AvgIpc) is 2.57. The van der Waals surface area contributed by atoms with Crippen molar-refractivity contribution in [2.75, 3.05) is 26.9 Å². The molecule has 1 N–H and O–H groups in total. The predicted molar refractivity (Wildman–Crippen MR) is 71.6 cm³/mol. The molecule has 0 heterocycles. The summed E-state index contributed by atoms with van der Waals surface area (Å²) in [7, 11) is 0.887. The number of aliphatic hydroxyl groups is 1. The van der Waals surface area contributed by atoms with Crippen molar-refractivity contribution in [1.82, 2.24) is 0 Å². The topological polar surface area (TPSA) is 57.2 Å². The minimum absolute atomic E-state index is 0.764. The molecule has 35 heavy (non-hydrogen) atoms. The van der Waals surface area contributed by atoms with Crippen LogP contribution in [-0.2, 0) is 18.9 Å². The van der Waals surface area contributed by atoms with Gasteiger partial charge in [-0.15, -0.1) is 0 Å².